The van der Waals surface area contributed by atoms with Crippen molar-refractivity contribution in [3.8, 4) is 5.88 Å². The molecule has 130 valence electrons. The van der Waals surface area contributed by atoms with Gasteiger partial charge in [-0.1, -0.05) is 0 Å². The van der Waals surface area contributed by atoms with E-state index in [0.29, 0.717) is 29.0 Å². The van der Waals surface area contributed by atoms with E-state index in [9.17, 15) is 14.0 Å². The van der Waals surface area contributed by atoms with Crippen LogP contribution in [-0.2, 0) is 17.8 Å². The van der Waals surface area contributed by atoms with Crippen molar-refractivity contribution >= 4 is 16.9 Å². The van der Waals surface area contributed by atoms with E-state index in [2.05, 4.69) is 10.5 Å². The molecule has 0 unspecified atom stereocenters. The number of aryl methyl sites for hydroxylation is 1. The average molecular weight is 346 g/mol. The van der Waals surface area contributed by atoms with Crippen LogP contribution in [0.4, 0.5) is 4.39 Å². The number of hydrogen-bond acceptors (Lipinski definition) is 6. The van der Waals surface area contributed by atoms with E-state index in [1.165, 1.54) is 31.4 Å². The fourth-order valence-electron chi connectivity index (χ4n) is 2.37. The highest BCUT2D eigenvalue weighted by Crippen LogP contribution is 2.18. The summed E-state index contributed by atoms with van der Waals surface area (Å²) in [7, 11) is 1.47. The second-order valence-electron chi connectivity index (χ2n) is 5.34. The SMILES string of the molecule is COc1cc(CCC(=O)NCc2cc(=O)oc3ccc(F)cc23)on1. The van der Waals surface area contributed by atoms with Crippen LogP contribution >= 0.6 is 0 Å². The van der Waals surface area contributed by atoms with Gasteiger partial charge in [-0.2, -0.15) is 0 Å². The Balaban J connectivity index is 1.64. The van der Waals surface area contributed by atoms with Crippen molar-refractivity contribution in [2.45, 2.75) is 19.4 Å². The average Bonchev–Trinajstić information content (AvgIpc) is 3.06. The molecule has 3 aromatic rings. The maximum absolute atomic E-state index is 13.4. The number of ether oxygens (including phenoxy) is 1. The lowest BCUT2D eigenvalue weighted by atomic mass is 10.1. The highest BCUT2D eigenvalue weighted by molar-refractivity contribution is 5.81. The van der Waals surface area contributed by atoms with Crippen molar-refractivity contribution in [1.29, 1.82) is 0 Å². The van der Waals surface area contributed by atoms with E-state index in [4.69, 9.17) is 13.7 Å². The summed E-state index contributed by atoms with van der Waals surface area (Å²) in [5.41, 5.74) is 0.199. The molecule has 2 aromatic heterocycles. The number of carbonyl (C=O) groups is 1. The Kier molecular flexibility index (Phi) is 4.78. The highest BCUT2D eigenvalue weighted by Gasteiger charge is 2.10. The summed E-state index contributed by atoms with van der Waals surface area (Å²) in [5, 5.41) is 6.79. The van der Waals surface area contributed by atoms with Crippen LogP contribution in [0.15, 0.2) is 44.1 Å². The summed E-state index contributed by atoms with van der Waals surface area (Å²) >= 11 is 0. The van der Waals surface area contributed by atoms with Gasteiger partial charge in [0, 0.05) is 36.9 Å². The predicted molar refractivity (Wildman–Crippen MR) is 85.7 cm³/mol. The third-order valence-corrected chi connectivity index (χ3v) is 3.61. The topological polar surface area (TPSA) is 94.6 Å². The van der Waals surface area contributed by atoms with Crippen LogP contribution in [0.5, 0.6) is 5.88 Å². The van der Waals surface area contributed by atoms with Crippen LogP contribution in [0.2, 0.25) is 0 Å². The van der Waals surface area contributed by atoms with Gasteiger partial charge in [-0.15, -0.1) is 0 Å². The third-order valence-electron chi connectivity index (χ3n) is 3.61. The number of methoxy groups -OCH3 is 1. The molecule has 1 amide bonds. The number of carbonyl (C=O) groups excluding carboxylic acids is 1. The van der Waals surface area contributed by atoms with Crippen LogP contribution in [-0.4, -0.2) is 18.2 Å². The first-order valence-electron chi connectivity index (χ1n) is 7.54. The fraction of sp³-hybridized carbons (Fsp3) is 0.235. The second-order valence-corrected chi connectivity index (χ2v) is 5.34. The molecule has 7 nitrogen and oxygen atoms in total. The lowest BCUT2D eigenvalue weighted by Gasteiger charge is -2.07. The third kappa shape index (κ3) is 4.03. The molecule has 8 heteroatoms. The number of rotatable bonds is 6. The summed E-state index contributed by atoms with van der Waals surface area (Å²) in [5.74, 6) is 0.182. The molecular weight excluding hydrogens is 331 g/mol. The summed E-state index contributed by atoms with van der Waals surface area (Å²) in [6.07, 6.45) is 0.528. The molecule has 0 aliphatic rings. The minimum atomic E-state index is -0.558. The Hall–Kier alpha value is -3.16. The van der Waals surface area contributed by atoms with Gasteiger partial charge in [-0.3, -0.25) is 4.79 Å². The number of amides is 1. The van der Waals surface area contributed by atoms with Crippen molar-refractivity contribution in [3.63, 3.8) is 0 Å². The number of aromatic nitrogens is 1. The van der Waals surface area contributed by atoms with Crippen LogP contribution in [0.1, 0.15) is 17.7 Å². The molecule has 1 N–H and O–H groups in total. The van der Waals surface area contributed by atoms with Gasteiger partial charge in [0.05, 0.1) is 7.11 Å². The summed E-state index contributed by atoms with van der Waals surface area (Å²) < 4.78 is 28.3. The maximum Gasteiger partial charge on any atom is 0.336 e. The Morgan fingerprint density at radius 2 is 2.16 bits per heavy atom. The largest absolute Gasteiger partial charge is 0.479 e. The van der Waals surface area contributed by atoms with Crippen molar-refractivity contribution < 1.29 is 22.9 Å². The molecule has 0 aliphatic carbocycles. The molecule has 0 bridgehead atoms. The summed E-state index contributed by atoms with van der Waals surface area (Å²) in [6.45, 7) is 0.0874. The lowest BCUT2D eigenvalue weighted by Crippen LogP contribution is -2.23. The van der Waals surface area contributed by atoms with Crippen LogP contribution in [0, 0.1) is 5.82 Å². The molecule has 0 saturated carbocycles. The number of nitrogens with zero attached hydrogens (tertiary/aromatic N) is 1. The number of halogens is 1. The van der Waals surface area contributed by atoms with Gasteiger partial charge in [0.25, 0.3) is 5.88 Å². The number of hydrogen-bond donors (Lipinski definition) is 1. The molecule has 0 saturated heterocycles. The molecule has 1 aromatic carbocycles. The van der Waals surface area contributed by atoms with Gasteiger partial charge in [0.1, 0.15) is 17.2 Å². The lowest BCUT2D eigenvalue weighted by molar-refractivity contribution is -0.121. The van der Waals surface area contributed by atoms with Crippen molar-refractivity contribution in [3.05, 3.63) is 57.9 Å². The zero-order chi connectivity index (χ0) is 17.8. The molecule has 0 fully saturated rings. The number of nitrogens with one attached hydrogen (secondary N) is 1. The van der Waals surface area contributed by atoms with Crippen LogP contribution in [0.3, 0.4) is 0 Å². The first kappa shape index (κ1) is 16.7. The minimum absolute atomic E-state index is 0.0874. The van der Waals surface area contributed by atoms with Gasteiger partial charge < -0.3 is 19.0 Å². The quantitative estimate of drug-likeness (QED) is 0.688. The van der Waals surface area contributed by atoms with Crippen LogP contribution < -0.4 is 15.7 Å². The zero-order valence-electron chi connectivity index (χ0n) is 13.4. The predicted octanol–water partition coefficient (Wildman–Crippen LogP) is 2.18. The van der Waals surface area contributed by atoms with E-state index in [1.54, 1.807) is 6.07 Å². The summed E-state index contributed by atoms with van der Waals surface area (Å²) in [4.78, 5) is 23.5. The molecule has 0 atom stereocenters. The van der Waals surface area contributed by atoms with Gasteiger partial charge in [0.15, 0.2) is 0 Å². The van der Waals surface area contributed by atoms with E-state index in [-0.39, 0.29) is 24.5 Å². The smallest absolute Gasteiger partial charge is 0.336 e. The Morgan fingerprint density at radius 3 is 2.92 bits per heavy atom. The number of fused-ring (bicyclic) bond motifs is 1. The Labute approximate surface area is 141 Å². The maximum atomic E-state index is 13.4. The van der Waals surface area contributed by atoms with Gasteiger partial charge in [-0.05, 0) is 28.9 Å². The van der Waals surface area contributed by atoms with Gasteiger partial charge in [0.2, 0.25) is 5.91 Å². The van der Waals surface area contributed by atoms with E-state index >= 15 is 0 Å². The standard InChI is InChI=1S/C17H15FN2O5/c1-23-16-8-12(25-20-16)3-5-15(21)19-9-10-6-17(22)24-14-4-2-11(18)7-13(10)14/h2,4,6-8H,3,5,9H2,1H3,(H,19,21). The first-order valence-corrected chi connectivity index (χ1v) is 7.54. The highest BCUT2D eigenvalue weighted by atomic mass is 19.1. The minimum Gasteiger partial charge on any atom is -0.479 e. The van der Waals surface area contributed by atoms with E-state index in [1.807, 2.05) is 0 Å². The molecule has 3 rings (SSSR count). The Bertz CT molecular complexity index is 963. The van der Waals surface area contributed by atoms with Crippen molar-refractivity contribution in [2.75, 3.05) is 7.11 Å². The molecule has 2 heterocycles. The molecule has 0 radical (unpaired) electrons. The van der Waals surface area contributed by atoms with Crippen molar-refractivity contribution in [2.24, 2.45) is 0 Å². The molecule has 0 aliphatic heterocycles. The van der Waals surface area contributed by atoms with Crippen LogP contribution in [0.25, 0.3) is 11.0 Å². The van der Waals surface area contributed by atoms with E-state index < -0.39 is 11.4 Å². The molecule has 0 spiro atoms. The monoisotopic (exact) mass is 346 g/mol. The molecule has 25 heavy (non-hydrogen) atoms. The summed E-state index contributed by atoms with van der Waals surface area (Å²) in [6, 6.07) is 6.70. The van der Waals surface area contributed by atoms with E-state index in [0.717, 1.165) is 0 Å². The molecular formula is C17H15FN2O5. The zero-order valence-corrected chi connectivity index (χ0v) is 13.4. The number of benzene rings is 1. The van der Waals surface area contributed by atoms with Crippen molar-refractivity contribution in [1.82, 2.24) is 10.5 Å². The van der Waals surface area contributed by atoms with Gasteiger partial charge >= 0.3 is 5.63 Å². The Morgan fingerprint density at radius 1 is 1.32 bits per heavy atom. The van der Waals surface area contributed by atoms with Gasteiger partial charge in [-0.25, -0.2) is 9.18 Å². The first-order chi connectivity index (χ1) is 12.0. The fourth-order valence-corrected chi connectivity index (χ4v) is 2.37. The normalized spacial score (nSPS) is 10.8. The second kappa shape index (κ2) is 7.16.